The Bertz CT molecular complexity index is 947. The maximum Gasteiger partial charge on any atom is 0.225 e. The predicted octanol–water partition coefficient (Wildman–Crippen LogP) is 3.36. The Labute approximate surface area is 160 Å². The van der Waals surface area contributed by atoms with Crippen molar-refractivity contribution >= 4 is 38.9 Å². The second-order valence-corrected chi connectivity index (χ2v) is 7.23. The maximum atomic E-state index is 14.9. The van der Waals surface area contributed by atoms with Crippen LogP contribution >= 0.6 is 11.3 Å². The highest BCUT2D eigenvalue weighted by Gasteiger charge is 2.24. The summed E-state index contributed by atoms with van der Waals surface area (Å²) in [5, 5.41) is 10.4. The third kappa shape index (κ3) is 3.25. The lowest BCUT2D eigenvalue weighted by Gasteiger charge is -2.29. The van der Waals surface area contributed by atoms with Crippen LogP contribution in [0, 0.1) is 11.8 Å². The Morgan fingerprint density at radius 2 is 2.00 bits per heavy atom. The van der Waals surface area contributed by atoms with Gasteiger partial charge in [-0.15, -0.1) is 11.3 Å². The van der Waals surface area contributed by atoms with Gasteiger partial charge in [-0.1, -0.05) is 0 Å². The first-order valence-corrected chi connectivity index (χ1v) is 10.0. The van der Waals surface area contributed by atoms with Gasteiger partial charge in [0.25, 0.3) is 0 Å². The first-order valence-electron chi connectivity index (χ1n) is 9.16. The number of aryl methyl sites for hydroxylation is 1. The Hall–Kier alpha value is -2.26. The fourth-order valence-corrected chi connectivity index (χ4v) is 4.26. The summed E-state index contributed by atoms with van der Waals surface area (Å²) in [6.07, 6.45) is 0. The Balaban J connectivity index is 1.88. The molecule has 6 nitrogen and oxygen atoms in total. The molecule has 0 saturated carbocycles. The van der Waals surface area contributed by atoms with Gasteiger partial charge in [0, 0.05) is 55.7 Å². The number of thiazole rings is 1. The first-order chi connectivity index (χ1) is 13.1. The van der Waals surface area contributed by atoms with Gasteiger partial charge in [-0.25, -0.2) is 9.07 Å². The van der Waals surface area contributed by atoms with Crippen LogP contribution in [0.3, 0.4) is 0 Å². The van der Waals surface area contributed by atoms with Crippen LogP contribution in [0.25, 0.3) is 10.9 Å². The van der Waals surface area contributed by atoms with E-state index in [2.05, 4.69) is 20.3 Å². The van der Waals surface area contributed by atoms with E-state index in [-0.39, 0.29) is 5.82 Å². The van der Waals surface area contributed by atoms with Crippen LogP contribution in [-0.2, 0) is 6.54 Å². The SMILES string of the molecule is CCN(c1nc(F)cs1)c1c2cc(N3CCNCC3)cc(F)c2nn1CC. The monoisotopic (exact) mass is 392 g/mol. The van der Waals surface area contributed by atoms with Crippen LogP contribution in [0.2, 0.25) is 0 Å². The molecular formula is C18H22F2N6S. The largest absolute Gasteiger partial charge is 0.369 e. The molecule has 0 aliphatic carbocycles. The van der Waals surface area contributed by atoms with Crippen molar-refractivity contribution in [3.63, 3.8) is 0 Å². The molecular weight excluding hydrogens is 370 g/mol. The van der Waals surface area contributed by atoms with Gasteiger partial charge in [-0.2, -0.15) is 14.5 Å². The number of hydrogen-bond donors (Lipinski definition) is 1. The van der Waals surface area contributed by atoms with Crippen molar-refractivity contribution in [3.05, 3.63) is 29.3 Å². The van der Waals surface area contributed by atoms with Crippen LogP contribution in [0.4, 0.5) is 25.4 Å². The highest BCUT2D eigenvalue weighted by molar-refractivity contribution is 7.13. The molecule has 0 bridgehead atoms. The third-order valence-corrected chi connectivity index (χ3v) is 5.64. The number of piperazine rings is 1. The van der Waals surface area contributed by atoms with E-state index in [0.717, 1.165) is 43.1 Å². The quantitative estimate of drug-likeness (QED) is 0.722. The molecule has 1 aromatic carbocycles. The highest BCUT2D eigenvalue weighted by Crippen LogP contribution is 2.37. The molecule has 0 atom stereocenters. The van der Waals surface area contributed by atoms with Crippen molar-refractivity contribution < 1.29 is 8.78 Å². The molecule has 1 aliphatic rings. The molecule has 1 fully saturated rings. The normalized spacial score (nSPS) is 14.9. The van der Waals surface area contributed by atoms with Gasteiger partial charge in [-0.3, -0.25) is 0 Å². The van der Waals surface area contributed by atoms with Crippen molar-refractivity contribution in [2.45, 2.75) is 20.4 Å². The van der Waals surface area contributed by atoms with Crippen molar-refractivity contribution in [2.75, 3.05) is 42.5 Å². The fourth-order valence-electron chi connectivity index (χ4n) is 3.52. The molecule has 0 amide bonds. The molecule has 0 unspecified atom stereocenters. The van der Waals surface area contributed by atoms with E-state index in [9.17, 15) is 8.78 Å². The second kappa shape index (κ2) is 7.40. The lowest BCUT2D eigenvalue weighted by Crippen LogP contribution is -2.43. The third-order valence-electron chi connectivity index (χ3n) is 4.80. The molecule has 3 aromatic rings. The summed E-state index contributed by atoms with van der Waals surface area (Å²) >= 11 is 1.23. The van der Waals surface area contributed by atoms with E-state index in [1.807, 2.05) is 24.8 Å². The van der Waals surface area contributed by atoms with E-state index >= 15 is 0 Å². The number of anilines is 3. The average molecular weight is 392 g/mol. The number of hydrogen-bond acceptors (Lipinski definition) is 6. The Morgan fingerprint density at radius 3 is 2.63 bits per heavy atom. The molecule has 3 heterocycles. The number of nitrogens with one attached hydrogen (secondary N) is 1. The Morgan fingerprint density at radius 1 is 1.22 bits per heavy atom. The molecule has 0 spiro atoms. The van der Waals surface area contributed by atoms with Crippen LogP contribution in [0.1, 0.15) is 13.8 Å². The van der Waals surface area contributed by atoms with Gasteiger partial charge in [-0.05, 0) is 26.0 Å². The van der Waals surface area contributed by atoms with Crippen LogP contribution < -0.4 is 15.1 Å². The summed E-state index contributed by atoms with van der Waals surface area (Å²) in [7, 11) is 0. The van der Waals surface area contributed by atoms with Crippen LogP contribution in [-0.4, -0.2) is 47.5 Å². The lowest BCUT2D eigenvalue weighted by atomic mass is 10.1. The van der Waals surface area contributed by atoms with Crippen molar-refractivity contribution in [3.8, 4) is 0 Å². The van der Waals surface area contributed by atoms with E-state index in [1.54, 1.807) is 10.7 Å². The van der Waals surface area contributed by atoms with Gasteiger partial charge < -0.3 is 15.1 Å². The number of aromatic nitrogens is 3. The molecule has 1 saturated heterocycles. The van der Waals surface area contributed by atoms with Gasteiger partial charge in [0.05, 0.1) is 0 Å². The molecule has 2 aromatic heterocycles. The number of fused-ring (bicyclic) bond motifs is 1. The van der Waals surface area contributed by atoms with Crippen LogP contribution in [0.15, 0.2) is 17.5 Å². The molecule has 27 heavy (non-hydrogen) atoms. The lowest BCUT2D eigenvalue weighted by molar-refractivity contribution is 0.585. The summed E-state index contributed by atoms with van der Waals surface area (Å²) in [4.78, 5) is 8.05. The summed E-state index contributed by atoms with van der Waals surface area (Å²) < 4.78 is 30.2. The summed E-state index contributed by atoms with van der Waals surface area (Å²) in [6.45, 7) is 8.49. The van der Waals surface area contributed by atoms with E-state index in [4.69, 9.17) is 0 Å². The summed E-state index contributed by atoms with van der Waals surface area (Å²) in [5.74, 6) is -0.0934. The van der Waals surface area contributed by atoms with Gasteiger partial charge in [0.15, 0.2) is 10.9 Å². The van der Waals surface area contributed by atoms with E-state index in [0.29, 0.717) is 23.7 Å². The van der Waals surface area contributed by atoms with Crippen molar-refractivity contribution in [1.82, 2.24) is 20.1 Å². The zero-order valence-corrected chi connectivity index (χ0v) is 16.2. The minimum absolute atomic E-state index is 0.334. The van der Waals surface area contributed by atoms with Crippen molar-refractivity contribution in [1.29, 1.82) is 0 Å². The predicted molar refractivity (Wildman–Crippen MR) is 105 cm³/mol. The van der Waals surface area contributed by atoms with Gasteiger partial charge in [0.1, 0.15) is 11.3 Å². The highest BCUT2D eigenvalue weighted by atomic mass is 32.1. The number of rotatable bonds is 5. The number of benzene rings is 1. The molecule has 4 rings (SSSR count). The summed E-state index contributed by atoms with van der Waals surface area (Å²) in [5.41, 5.74) is 1.18. The molecule has 1 N–H and O–H groups in total. The summed E-state index contributed by atoms with van der Waals surface area (Å²) in [6, 6.07) is 3.55. The molecule has 0 radical (unpaired) electrons. The zero-order chi connectivity index (χ0) is 19.0. The average Bonchev–Trinajstić information content (AvgIpc) is 3.28. The smallest absolute Gasteiger partial charge is 0.225 e. The minimum atomic E-state index is -0.506. The molecule has 9 heteroatoms. The first kappa shape index (κ1) is 18.1. The van der Waals surface area contributed by atoms with E-state index < -0.39 is 5.95 Å². The molecule has 144 valence electrons. The molecule has 1 aliphatic heterocycles. The van der Waals surface area contributed by atoms with Crippen molar-refractivity contribution in [2.24, 2.45) is 0 Å². The maximum absolute atomic E-state index is 14.9. The van der Waals surface area contributed by atoms with Gasteiger partial charge in [0.2, 0.25) is 5.95 Å². The fraction of sp³-hybridized carbons (Fsp3) is 0.444. The minimum Gasteiger partial charge on any atom is -0.369 e. The second-order valence-electron chi connectivity index (χ2n) is 6.40. The number of halogens is 2. The van der Waals surface area contributed by atoms with Crippen LogP contribution in [0.5, 0.6) is 0 Å². The standard InChI is InChI=1S/C18H22F2N6S/c1-3-25(18-22-15(20)11-27-18)17-13-9-12(24-7-5-21-6-8-24)10-14(19)16(13)23-26(17)4-2/h9-11,21H,3-8H2,1-2H3. The van der Waals surface area contributed by atoms with Gasteiger partial charge >= 0.3 is 0 Å². The number of nitrogens with zero attached hydrogens (tertiary/aromatic N) is 5. The van der Waals surface area contributed by atoms with E-state index in [1.165, 1.54) is 16.7 Å². The zero-order valence-electron chi connectivity index (χ0n) is 15.4. The Kier molecular flexibility index (Phi) is 4.96. The topological polar surface area (TPSA) is 49.2 Å².